The number of hydrogen-bond donors (Lipinski definition) is 1. The van der Waals surface area contributed by atoms with Crippen molar-refractivity contribution in [1.29, 1.82) is 0 Å². The Kier molecular flexibility index (Phi) is 3.44. The van der Waals surface area contributed by atoms with E-state index in [-0.39, 0.29) is 11.9 Å². The fourth-order valence-corrected chi connectivity index (χ4v) is 2.35. The molecule has 0 aromatic heterocycles. The summed E-state index contributed by atoms with van der Waals surface area (Å²) in [6.07, 6.45) is 2.33. The van der Waals surface area contributed by atoms with Crippen LogP contribution in [-0.4, -0.2) is 13.7 Å². The molecule has 1 aromatic rings. The molecule has 2 nitrogen and oxygen atoms in total. The first-order chi connectivity index (χ1) is 7.72. The lowest BCUT2D eigenvalue weighted by Crippen LogP contribution is -2.33. The van der Waals surface area contributed by atoms with Gasteiger partial charge in [0, 0.05) is 17.7 Å². The molecule has 0 saturated carbocycles. The lowest BCUT2D eigenvalue weighted by Gasteiger charge is -2.30. The van der Waals surface area contributed by atoms with Gasteiger partial charge in [0.1, 0.15) is 11.6 Å². The Morgan fingerprint density at radius 2 is 2.25 bits per heavy atom. The molecule has 3 heteroatoms. The Morgan fingerprint density at radius 3 is 2.88 bits per heavy atom. The number of methoxy groups -OCH3 is 1. The number of ether oxygens (including phenoxy) is 1. The zero-order valence-corrected chi connectivity index (χ0v) is 9.79. The van der Waals surface area contributed by atoms with Gasteiger partial charge < -0.3 is 10.1 Å². The molecule has 1 aliphatic rings. The van der Waals surface area contributed by atoms with E-state index in [1.54, 1.807) is 7.11 Å². The predicted octanol–water partition coefficient (Wildman–Crippen LogP) is 2.89. The maximum atomic E-state index is 13.9. The molecular weight excluding hydrogens is 205 g/mol. The summed E-state index contributed by atoms with van der Waals surface area (Å²) in [5.74, 6) is 0.881. The Hall–Kier alpha value is -1.09. The smallest absolute Gasteiger partial charge is 0.131 e. The minimum atomic E-state index is -0.175. The molecule has 1 saturated heterocycles. The first kappa shape index (κ1) is 11.4. The van der Waals surface area contributed by atoms with Gasteiger partial charge in [-0.3, -0.25) is 0 Å². The van der Waals surface area contributed by atoms with Crippen LogP contribution >= 0.6 is 0 Å². The first-order valence-electron chi connectivity index (χ1n) is 5.79. The lowest BCUT2D eigenvalue weighted by molar-refractivity contribution is 0.298. The highest BCUT2D eigenvalue weighted by molar-refractivity contribution is 5.31. The third-order valence-corrected chi connectivity index (χ3v) is 3.31. The molecule has 2 atom stereocenters. The fraction of sp³-hybridized carbons (Fsp3) is 0.538. The van der Waals surface area contributed by atoms with E-state index >= 15 is 0 Å². The minimum absolute atomic E-state index is 0.139. The molecule has 1 N–H and O–H groups in total. The van der Waals surface area contributed by atoms with E-state index in [9.17, 15) is 4.39 Å². The van der Waals surface area contributed by atoms with Crippen molar-refractivity contribution in [2.75, 3.05) is 13.7 Å². The molecule has 0 spiro atoms. The first-order valence-corrected chi connectivity index (χ1v) is 5.79. The van der Waals surface area contributed by atoms with E-state index in [2.05, 4.69) is 12.2 Å². The van der Waals surface area contributed by atoms with Crippen LogP contribution in [0.5, 0.6) is 5.75 Å². The van der Waals surface area contributed by atoms with E-state index in [4.69, 9.17) is 4.74 Å². The van der Waals surface area contributed by atoms with Crippen molar-refractivity contribution in [3.63, 3.8) is 0 Å². The fourth-order valence-electron chi connectivity index (χ4n) is 2.35. The SMILES string of the molecule is COc1ccc(C2NCCCC2C)c(F)c1. The van der Waals surface area contributed by atoms with E-state index in [1.807, 2.05) is 12.1 Å². The van der Waals surface area contributed by atoms with Crippen molar-refractivity contribution in [2.24, 2.45) is 5.92 Å². The molecule has 0 bridgehead atoms. The van der Waals surface area contributed by atoms with Gasteiger partial charge in [0.05, 0.1) is 7.11 Å². The van der Waals surface area contributed by atoms with Gasteiger partial charge in [-0.2, -0.15) is 0 Å². The van der Waals surface area contributed by atoms with Gasteiger partial charge in [-0.25, -0.2) is 4.39 Å². The third kappa shape index (κ3) is 2.19. The van der Waals surface area contributed by atoms with Crippen molar-refractivity contribution >= 4 is 0 Å². The summed E-state index contributed by atoms with van der Waals surface area (Å²) >= 11 is 0. The van der Waals surface area contributed by atoms with Crippen LogP contribution in [0, 0.1) is 11.7 Å². The van der Waals surface area contributed by atoms with Gasteiger partial charge in [0.25, 0.3) is 0 Å². The predicted molar refractivity (Wildman–Crippen MR) is 62.1 cm³/mol. The summed E-state index contributed by atoms with van der Waals surface area (Å²) in [7, 11) is 1.55. The quantitative estimate of drug-likeness (QED) is 0.832. The number of halogens is 1. The van der Waals surface area contributed by atoms with E-state index in [0.29, 0.717) is 11.7 Å². The molecule has 0 radical (unpaired) electrons. The second kappa shape index (κ2) is 4.83. The van der Waals surface area contributed by atoms with Gasteiger partial charge in [-0.05, 0) is 31.4 Å². The lowest BCUT2D eigenvalue weighted by atomic mass is 9.87. The topological polar surface area (TPSA) is 21.3 Å². The van der Waals surface area contributed by atoms with Crippen LogP contribution in [-0.2, 0) is 0 Å². The molecule has 16 heavy (non-hydrogen) atoms. The highest BCUT2D eigenvalue weighted by atomic mass is 19.1. The molecule has 1 aliphatic heterocycles. The third-order valence-electron chi connectivity index (χ3n) is 3.31. The average molecular weight is 223 g/mol. The monoisotopic (exact) mass is 223 g/mol. The van der Waals surface area contributed by atoms with Crippen LogP contribution in [0.3, 0.4) is 0 Å². The van der Waals surface area contributed by atoms with Crippen molar-refractivity contribution in [3.8, 4) is 5.75 Å². The molecular formula is C13H18FNO. The maximum Gasteiger partial charge on any atom is 0.131 e. The molecule has 88 valence electrons. The Labute approximate surface area is 95.8 Å². The largest absolute Gasteiger partial charge is 0.497 e. The highest BCUT2D eigenvalue weighted by Crippen LogP contribution is 2.31. The summed E-state index contributed by atoms with van der Waals surface area (Å²) in [5.41, 5.74) is 0.757. The van der Waals surface area contributed by atoms with Crippen LogP contribution in [0.15, 0.2) is 18.2 Å². The van der Waals surface area contributed by atoms with E-state index in [0.717, 1.165) is 18.5 Å². The van der Waals surface area contributed by atoms with Crippen LogP contribution in [0.1, 0.15) is 31.4 Å². The van der Waals surface area contributed by atoms with Crippen LogP contribution in [0.4, 0.5) is 4.39 Å². The number of hydrogen-bond acceptors (Lipinski definition) is 2. The van der Waals surface area contributed by atoms with Crippen LogP contribution in [0.2, 0.25) is 0 Å². The zero-order chi connectivity index (χ0) is 11.5. The maximum absolute atomic E-state index is 13.9. The second-order valence-corrected chi connectivity index (χ2v) is 4.44. The van der Waals surface area contributed by atoms with Crippen molar-refractivity contribution in [2.45, 2.75) is 25.8 Å². The van der Waals surface area contributed by atoms with Crippen molar-refractivity contribution in [1.82, 2.24) is 5.32 Å². The standard InChI is InChI=1S/C13H18FNO/c1-9-4-3-7-15-13(9)11-6-5-10(16-2)8-12(11)14/h5-6,8-9,13,15H,3-4,7H2,1-2H3. The summed E-state index contributed by atoms with van der Waals surface area (Å²) < 4.78 is 18.9. The van der Waals surface area contributed by atoms with Crippen molar-refractivity contribution < 1.29 is 9.13 Å². The Morgan fingerprint density at radius 1 is 1.44 bits per heavy atom. The summed E-state index contributed by atoms with van der Waals surface area (Å²) in [4.78, 5) is 0. The number of nitrogens with one attached hydrogen (secondary N) is 1. The molecule has 0 amide bonds. The molecule has 0 aliphatic carbocycles. The average Bonchev–Trinajstić information content (AvgIpc) is 2.30. The molecule has 1 fully saturated rings. The number of benzene rings is 1. The van der Waals surface area contributed by atoms with Gasteiger partial charge >= 0.3 is 0 Å². The van der Waals surface area contributed by atoms with Gasteiger partial charge in [0.15, 0.2) is 0 Å². The van der Waals surface area contributed by atoms with Crippen molar-refractivity contribution in [3.05, 3.63) is 29.6 Å². The van der Waals surface area contributed by atoms with Gasteiger partial charge in [-0.1, -0.05) is 13.0 Å². The second-order valence-electron chi connectivity index (χ2n) is 4.44. The summed E-state index contributed by atoms with van der Waals surface area (Å²) in [6.45, 7) is 3.14. The zero-order valence-electron chi connectivity index (χ0n) is 9.79. The van der Waals surface area contributed by atoms with Gasteiger partial charge in [0.2, 0.25) is 0 Å². The molecule has 2 rings (SSSR count). The molecule has 1 heterocycles. The normalized spacial score (nSPS) is 25.4. The van der Waals surface area contributed by atoms with Gasteiger partial charge in [-0.15, -0.1) is 0 Å². The van der Waals surface area contributed by atoms with E-state index in [1.165, 1.54) is 12.5 Å². The van der Waals surface area contributed by atoms with E-state index < -0.39 is 0 Å². The molecule has 2 unspecified atom stereocenters. The van der Waals surface area contributed by atoms with Crippen LogP contribution < -0.4 is 10.1 Å². The number of rotatable bonds is 2. The highest BCUT2D eigenvalue weighted by Gasteiger charge is 2.24. The minimum Gasteiger partial charge on any atom is -0.497 e. The summed E-state index contributed by atoms with van der Waals surface area (Å²) in [5, 5.41) is 3.38. The molecule has 1 aromatic carbocycles. The van der Waals surface area contributed by atoms with Crippen LogP contribution in [0.25, 0.3) is 0 Å². The Balaban J connectivity index is 2.25. The number of piperidine rings is 1. The Bertz CT molecular complexity index is 367. The summed E-state index contributed by atoms with van der Waals surface area (Å²) in [6, 6.07) is 5.24.